The van der Waals surface area contributed by atoms with Gasteiger partial charge in [-0.1, -0.05) is 137 Å². The van der Waals surface area contributed by atoms with Gasteiger partial charge in [-0.15, -0.1) is 0 Å². The van der Waals surface area contributed by atoms with E-state index < -0.39 is 5.97 Å². The molecule has 0 saturated carbocycles. The number of aromatic carboxylic acids is 1. The first kappa shape index (κ1) is 83.3. The fourth-order valence-electron chi connectivity index (χ4n) is 11.7. The van der Waals surface area contributed by atoms with Crippen LogP contribution in [0.1, 0.15) is 68.3 Å². The van der Waals surface area contributed by atoms with Crippen molar-refractivity contribution in [2.45, 2.75) is 66.9 Å². The zero-order chi connectivity index (χ0) is 79.8. The molecule has 1 atom stereocenters. The lowest BCUT2D eigenvalue weighted by Crippen LogP contribution is -2.23. The molecule has 0 fully saturated rings. The van der Waals surface area contributed by atoms with E-state index in [1.54, 1.807) is 87.1 Å². The van der Waals surface area contributed by atoms with E-state index in [2.05, 4.69) is 272 Å². The van der Waals surface area contributed by atoms with Gasteiger partial charge in [-0.25, -0.2) is 9.97 Å². The molecule has 0 bridgehead atoms. The summed E-state index contributed by atoms with van der Waals surface area (Å²) in [4.78, 5) is 68.5. The molecule has 113 heavy (non-hydrogen) atoms. The van der Waals surface area contributed by atoms with E-state index in [9.17, 15) is 9.90 Å². The van der Waals surface area contributed by atoms with Crippen LogP contribution in [0, 0.1) is 12.8 Å². The molecular weight excluding hydrogens is 1400 g/mol. The average Bonchev–Trinajstić information content (AvgIpc) is 1.65. The minimum atomic E-state index is -1.23. The fourth-order valence-corrected chi connectivity index (χ4v) is 11.7. The van der Waals surface area contributed by atoms with Crippen molar-refractivity contribution in [3.8, 4) is 45.3 Å². The highest BCUT2D eigenvalue weighted by atomic mass is 16.4. The Morgan fingerprint density at radius 2 is 0.912 bits per heavy atom. The van der Waals surface area contributed by atoms with Crippen LogP contribution >= 0.6 is 0 Å². The van der Waals surface area contributed by atoms with Gasteiger partial charge in [0.1, 0.15) is 5.69 Å². The second-order valence-corrected chi connectivity index (χ2v) is 26.5. The van der Waals surface area contributed by atoms with Crippen LogP contribution in [0.5, 0.6) is 0 Å². The predicted octanol–water partition coefficient (Wildman–Crippen LogP) is 18.0. The maximum absolute atomic E-state index is 10.2. The number of carbonyl (C=O) groups is 1. The monoisotopic (exact) mass is 1500 g/mol. The van der Waals surface area contributed by atoms with Crippen molar-refractivity contribution in [1.29, 1.82) is 0 Å². The van der Waals surface area contributed by atoms with Gasteiger partial charge in [0.2, 0.25) is 0 Å². The van der Waals surface area contributed by atoms with Gasteiger partial charge < -0.3 is 44.4 Å². The van der Waals surface area contributed by atoms with Crippen LogP contribution in [0.25, 0.3) is 45.3 Å². The molecule has 0 spiro atoms. The van der Waals surface area contributed by atoms with E-state index in [0.717, 1.165) is 84.5 Å². The number of pyridine rings is 7. The van der Waals surface area contributed by atoms with Crippen molar-refractivity contribution in [3.63, 3.8) is 0 Å². The van der Waals surface area contributed by atoms with E-state index in [0.29, 0.717) is 17.4 Å². The van der Waals surface area contributed by atoms with E-state index >= 15 is 0 Å². The molecule has 3 aliphatic heterocycles. The highest BCUT2D eigenvalue weighted by Crippen LogP contribution is 2.40. The van der Waals surface area contributed by atoms with Crippen LogP contribution in [0.15, 0.2) is 342 Å². The number of aromatic nitrogens is 11. The van der Waals surface area contributed by atoms with Gasteiger partial charge in [0.05, 0.1) is 108 Å². The number of nitrogens with zero attached hydrogens (tertiary/aromatic N) is 17. The van der Waals surface area contributed by atoms with Gasteiger partial charge in [-0.05, 0) is 184 Å². The van der Waals surface area contributed by atoms with Crippen molar-refractivity contribution in [3.05, 3.63) is 364 Å². The fraction of sp³-hybridized carbons (Fsp3) is 0.183. The highest BCUT2D eigenvalue weighted by molar-refractivity contribution is 5.84. The molecule has 14 aromatic rings. The van der Waals surface area contributed by atoms with Gasteiger partial charge in [0, 0.05) is 130 Å². The third-order valence-electron chi connectivity index (χ3n) is 17.2. The zero-order valence-electron chi connectivity index (χ0n) is 65.6. The Kier molecular flexibility index (Phi) is 33.4. The summed E-state index contributed by atoms with van der Waals surface area (Å²) in [5, 5.41) is 18.9. The van der Waals surface area contributed by atoms with Crippen LogP contribution in [0.3, 0.4) is 0 Å². The molecule has 20 heteroatoms. The number of carboxylic acids is 1. The maximum atomic E-state index is 10.2. The molecule has 9 aromatic heterocycles. The molecule has 0 amide bonds. The van der Waals surface area contributed by atoms with E-state index in [-0.39, 0.29) is 11.8 Å². The van der Waals surface area contributed by atoms with E-state index in [1.165, 1.54) is 51.2 Å². The summed E-state index contributed by atoms with van der Waals surface area (Å²) >= 11 is 0. The van der Waals surface area contributed by atoms with Crippen molar-refractivity contribution in [2.75, 3.05) is 65.6 Å². The number of rotatable bonds is 12. The smallest absolute Gasteiger partial charge is 0.178 e. The third kappa shape index (κ3) is 27.1. The lowest BCUT2D eigenvalue weighted by Gasteiger charge is -2.19. The van der Waals surface area contributed by atoms with Crippen LogP contribution < -0.4 is 29.6 Å². The van der Waals surface area contributed by atoms with Gasteiger partial charge in [-0.2, -0.15) is 0 Å². The Morgan fingerprint density at radius 3 is 1.42 bits per heavy atom. The number of para-hydroxylation sites is 5. The Balaban J connectivity index is 0.000000147. The third-order valence-corrected chi connectivity index (χ3v) is 17.2. The average molecular weight is 1500 g/mol. The second kappa shape index (κ2) is 45.3. The van der Waals surface area contributed by atoms with Gasteiger partial charge in [-0.3, -0.25) is 44.9 Å². The predicted molar refractivity (Wildman–Crippen MR) is 456 cm³/mol. The summed E-state index contributed by atoms with van der Waals surface area (Å²) < 4.78 is 0. The first-order valence-corrected chi connectivity index (χ1v) is 37.5. The Labute approximate surface area is 665 Å². The molecule has 0 radical (unpaired) electrons. The number of carbonyl (C=O) groups excluding carboxylic acids is 1. The molecule has 17 rings (SSSR count). The van der Waals surface area contributed by atoms with Crippen molar-refractivity contribution >= 4 is 45.8 Å². The van der Waals surface area contributed by atoms with Gasteiger partial charge in [0.25, 0.3) is 0 Å². The van der Waals surface area contributed by atoms with Crippen LogP contribution in [-0.2, 0) is 12.8 Å². The molecule has 12 heterocycles. The molecule has 20 nitrogen and oxygen atoms in total. The highest BCUT2D eigenvalue weighted by Gasteiger charge is 2.25. The van der Waals surface area contributed by atoms with Crippen molar-refractivity contribution < 1.29 is 15.0 Å². The summed E-state index contributed by atoms with van der Waals surface area (Å²) in [6.07, 6.45) is 31.8. The summed E-state index contributed by atoms with van der Waals surface area (Å²) in [5.41, 5.74) is 19.1. The lowest BCUT2D eigenvalue weighted by molar-refractivity contribution is -0.255. The standard InChI is InChI=1S/C15H17N.C14H14N2.C13H13N3.C11H9N.C9H11N3.2C9H7N3.C7H7NO2.C6H14O/c1-3-12-6-5-7-14(10-12)15-11-13(4-2)8-9-16-15;1-15-11-16(12-7-3-2-4-8-12)14-10-6-5-9-13(14)15;1-15-10-16(11-5-4-8-14-9-11)13-7-3-2-6-12(13)15;1-2-6-10(7-3-1)11-8-4-5-9-12-11;1-11-5-6-12(8-11)9-3-2-4-10-7-9;1-2-5-10-8(4-1)9-11-6-3-7-12-9;1-2-8(6-10-3-1)9-7-11-4-5-12-9;1-5-3-2-4-6(8-5)7(9)10;1-5(2)4-6(3)7/h5-11H,3-4H2,1-2H3;2-10H,11H2,1H3;2-9H,10H2,1H3;1-9H;2-7H,8H2,1H3;2*1-7H;2-4H,1H3,(H,9,10);5-7H,4H2,1-3H3/p-1. The second-order valence-electron chi connectivity index (χ2n) is 26.5. The summed E-state index contributed by atoms with van der Waals surface area (Å²) in [7, 11) is 6.28. The van der Waals surface area contributed by atoms with Crippen molar-refractivity contribution in [1.82, 2.24) is 59.7 Å². The molecule has 3 aliphatic rings. The van der Waals surface area contributed by atoms with Gasteiger partial charge in [0.15, 0.2) is 5.82 Å². The Hall–Kier alpha value is -13.7. The molecule has 1 N–H and O–H groups in total. The number of aliphatic hydroxyl groups excluding tert-OH is 1. The summed E-state index contributed by atoms with van der Waals surface area (Å²) in [5.74, 6) is 0.0572. The van der Waals surface area contributed by atoms with E-state index in [1.807, 2.05) is 124 Å². The number of hydrogen-bond donors (Lipinski definition) is 1. The SMILES string of the molecule is CC(C)CC(C)O.CCc1cccc(-c2cc(CC)ccn2)c1.CN1C=CN(c2cccnc2)C1.CN1CN(c2ccccc2)c2ccccc21.CN1CN(c2cccnc2)c2ccccc21.Cc1cccc(C(=O)[O-])n1.c1ccc(-c2ccccn2)cc1.c1ccc(-c2ncccn2)nc1.c1cncc(-c2cnccn2)c1. The Morgan fingerprint density at radius 1 is 0.407 bits per heavy atom. The lowest BCUT2D eigenvalue weighted by atomic mass is 10.0. The first-order valence-electron chi connectivity index (χ1n) is 37.5. The normalized spacial score (nSPS) is 12.0. The molecule has 0 aliphatic carbocycles. The zero-order valence-corrected chi connectivity index (χ0v) is 65.6. The molecular formula is C93H98N17O3-. The topological polar surface area (TPSA) is 222 Å². The molecule has 5 aromatic carbocycles. The number of carboxylic acid groups (broad SMARTS) is 1. The largest absolute Gasteiger partial charge is 0.543 e. The quantitative estimate of drug-likeness (QED) is 0.120. The number of fused-ring (bicyclic) bond motifs is 2. The number of anilines is 7. The van der Waals surface area contributed by atoms with E-state index in [4.69, 9.17) is 5.11 Å². The molecule has 1 unspecified atom stereocenters. The number of hydrogen-bond acceptors (Lipinski definition) is 20. The van der Waals surface area contributed by atoms with Crippen LogP contribution in [0.4, 0.5) is 39.8 Å². The molecule has 0 saturated heterocycles. The van der Waals surface area contributed by atoms with Crippen molar-refractivity contribution in [2.24, 2.45) is 5.92 Å². The van der Waals surface area contributed by atoms with Gasteiger partial charge >= 0.3 is 0 Å². The first-order chi connectivity index (χ1) is 55.1. The van der Waals surface area contributed by atoms with Crippen LogP contribution in [0.2, 0.25) is 0 Å². The number of aryl methyl sites for hydroxylation is 3. The number of benzene rings is 5. The summed E-state index contributed by atoms with van der Waals surface area (Å²) in [6.45, 7) is 14.8. The minimum Gasteiger partial charge on any atom is -0.543 e. The Bertz CT molecular complexity index is 4600. The van der Waals surface area contributed by atoms with Crippen LogP contribution in [-0.4, -0.2) is 118 Å². The molecule has 574 valence electrons. The maximum Gasteiger partial charge on any atom is 0.178 e. The summed E-state index contributed by atoms with van der Waals surface area (Å²) in [6, 6.07) is 80.5. The minimum absolute atomic E-state index is 0.0139. The number of aliphatic hydroxyl groups is 1.